The van der Waals surface area contributed by atoms with E-state index in [9.17, 15) is 5.11 Å². The molecule has 1 aromatic rings. The van der Waals surface area contributed by atoms with Gasteiger partial charge in [-0.2, -0.15) is 11.8 Å². The number of hydrogen-bond donors (Lipinski definition) is 1. The third-order valence-corrected chi connectivity index (χ3v) is 2.31. The molecule has 0 saturated heterocycles. The van der Waals surface area contributed by atoms with Crippen LogP contribution in [0.4, 0.5) is 0 Å². The van der Waals surface area contributed by atoms with Gasteiger partial charge < -0.3 is 9.52 Å². The number of aliphatic hydroxyl groups excluding tert-OH is 1. The monoisotopic (exact) mass is 172 g/mol. The van der Waals surface area contributed by atoms with Crippen molar-refractivity contribution in [2.45, 2.75) is 13.0 Å². The average Bonchev–Trinajstić information content (AvgIpc) is 2.52. The first-order valence-corrected chi connectivity index (χ1v) is 4.79. The second-order valence-electron chi connectivity index (χ2n) is 2.19. The second kappa shape index (κ2) is 4.46. The zero-order valence-electron chi connectivity index (χ0n) is 6.49. The van der Waals surface area contributed by atoms with Crippen LogP contribution in [0.2, 0.25) is 0 Å². The highest BCUT2D eigenvalue weighted by molar-refractivity contribution is 7.99. The van der Waals surface area contributed by atoms with Gasteiger partial charge in [0.25, 0.3) is 0 Å². The van der Waals surface area contributed by atoms with E-state index in [-0.39, 0.29) is 0 Å². The van der Waals surface area contributed by atoms with Gasteiger partial charge in [-0.1, -0.05) is 6.92 Å². The van der Waals surface area contributed by atoms with E-state index in [1.54, 1.807) is 30.2 Å². The number of thioether (sulfide) groups is 1. The molecular formula is C8H12O2S. The molecular weight excluding hydrogens is 160 g/mol. The van der Waals surface area contributed by atoms with Crippen LogP contribution >= 0.6 is 11.8 Å². The standard InChI is InChI=1S/C8H12O2S/c1-2-11-6-7(9)8-4-3-5-10-8/h3-5,7,9H,2,6H2,1H3/t7-/m1/s1. The van der Waals surface area contributed by atoms with E-state index < -0.39 is 6.10 Å². The normalized spacial score (nSPS) is 13.3. The highest BCUT2D eigenvalue weighted by Gasteiger charge is 2.08. The van der Waals surface area contributed by atoms with Gasteiger partial charge >= 0.3 is 0 Å². The van der Waals surface area contributed by atoms with Gasteiger partial charge in [0.05, 0.1) is 6.26 Å². The van der Waals surface area contributed by atoms with Crippen LogP contribution in [0.5, 0.6) is 0 Å². The molecule has 1 N–H and O–H groups in total. The Morgan fingerprint density at radius 1 is 1.73 bits per heavy atom. The van der Waals surface area contributed by atoms with E-state index in [0.29, 0.717) is 11.5 Å². The Labute approximate surface area is 70.6 Å². The minimum atomic E-state index is -0.449. The lowest BCUT2D eigenvalue weighted by molar-refractivity contribution is 0.174. The molecule has 0 spiro atoms. The molecule has 0 aliphatic carbocycles. The van der Waals surface area contributed by atoms with Gasteiger partial charge in [-0.15, -0.1) is 0 Å². The average molecular weight is 172 g/mol. The van der Waals surface area contributed by atoms with E-state index in [1.807, 2.05) is 0 Å². The zero-order valence-corrected chi connectivity index (χ0v) is 7.30. The second-order valence-corrected chi connectivity index (χ2v) is 3.51. The third-order valence-electron chi connectivity index (χ3n) is 1.35. The molecule has 0 bridgehead atoms. The fourth-order valence-corrected chi connectivity index (χ4v) is 1.42. The van der Waals surface area contributed by atoms with Gasteiger partial charge in [0, 0.05) is 5.75 Å². The molecule has 2 nitrogen and oxygen atoms in total. The van der Waals surface area contributed by atoms with Gasteiger partial charge in [-0.3, -0.25) is 0 Å². The quantitative estimate of drug-likeness (QED) is 0.754. The molecule has 1 heterocycles. The Balaban J connectivity index is 2.36. The van der Waals surface area contributed by atoms with Crippen LogP contribution < -0.4 is 0 Å². The lowest BCUT2D eigenvalue weighted by Crippen LogP contribution is -1.98. The minimum absolute atomic E-state index is 0.449. The molecule has 62 valence electrons. The van der Waals surface area contributed by atoms with Gasteiger partial charge in [0.2, 0.25) is 0 Å². The van der Waals surface area contributed by atoms with E-state index in [1.165, 1.54) is 0 Å². The van der Waals surface area contributed by atoms with Gasteiger partial charge in [-0.25, -0.2) is 0 Å². The molecule has 11 heavy (non-hydrogen) atoms. The Kier molecular flexibility index (Phi) is 3.52. The smallest absolute Gasteiger partial charge is 0.133 e. The van der Waals surface area contributed by atoms with Crippen molar-refractivity contribution in [1.82, 2.24) is 0 Å². The molecule has 1 rings (SSSR count). The Hall–Kier alpha value is -0.410. The first-order chi connectivity index (χ1) is 5.34. The largest absolute Gasteiger partial charge is 0.467 e. The summed E-state index contributed by atoms with van der Waals surface area (Å²) < 4.78 is 5.03. The Morgan fingerprint density at radius 2 is 2.55 bits per heavy atom. The molecule has 0 radical (unpaired) electrons. The third kappa shape index (κ3) is 2.60. The maximum Gasteiger partial charge on any atom is 0.133 e. The van der Waals surface area contributed by atoms with Gasteiger partial charge in [0.15, 0.2) is 0 Å². The van der Waals surface area contributed by atoms with E-state index >= 15 is 0 Å². The minimum Gasteiger partial charge on any atom is -0.467 e. The summed E-state index contributed by atoms with van der Waals surface area (Å²) in [6.07, 6.45) is 1.13. The summed E-state index contributed by atoms with van der Waals surface area (Å²) in [4.78, 5) is 0. The van der Waals surface area contributed by atoms with Crippen molar-refractivity contribution >= 4 is 11.8 Å². The van der Waals surface area contributed by atoms with Crippen molar-refractivity contribution in [3.05, 3.63) is 24.2 Å². The van der Waals surface area contributed by atoms with Crippen molar-refractivity contribution in [2.75, 3.05) is 11.5 Å². The highest BCUT2D eigenvalue weighted by atomic mass is 32.2. The Bertz CT molecular complexity index is 184. The molecule has 0 aliphatic heterocycles. The first kappa shape index (κ1) is 8.68. The molecule has 0 aliphatic rings. The fourth-order valence-electron chi connectivity index (χ4n) is 0.792. The number of hydrogen-bond acceptors (Lipinski definition) is 3. The number of rotatable bonds is 4. The van der Waals surface area contributed by atoms with Crippen LogP contribution in [-0.2, 0) is 0 Å². The van der Waals surface area contributed by atoms with E-state index in [0.717, 1.165) is 5.75 Å². The summed E-state index contributed by atoms with van der Waals surface area (Å²) >= 11 is 1.70. The number of furan rings is 1. The lowest BCUT2D eigenvalue weighted by Gasteiger charge is -2.04. The lowest BCUT2D eigenvalue weighted by atomic mass is 10.3. The summed E-state index contributed by atoms with van der Waals surface area (Å²) in [7, 11) is 0. The predicted octanol–water partition coefficient (Wildman–Crippen LogP) is 2.07. The molecule has 0 amide bonds. The van der Waals surface area contributed by atoms with Crippen molar-refractivity contribution in [3.8, 4) is 0 Å². The molecule has 0 aromatic carbocycles. The molecule has 0 saturated carbocycles. The molecule has 0 fully saturated rings. The fraction of sp³-hybridized carbons (Fsp3) is 0.500. The summed E-state index contributed by atoms with van der Waals surface area (Å²) in [6.45, 7) is 2.07. The maximum absolute atomic E-state index is 9.43. The summed E-state index contributed by atoms with van der Waals surface area (Å²) in [5, 5.41) is 9.43. The number of aliphatic hydroxyl groups is 1. The SMILES string of the molecule is CCSC[C@@H](O)c1ccco1. The van der Waals surface area contributed by atoms with Crippen LogP contribution in [0, 0.1) is 0 Å². The van der Waals surface area contributed by atoms with Gasteiger partial charge in [0.1, 0.15) is 11.9 Å². The Morgan fingerprint density at radius 3 is 3.09 bits per heavy atom. The van der Waals surface area contributed by atoms with E-state index in [4.69, 9.17) is 4.42 Å². The highest BCUT2D eigenvalue weighted by Crippen LogP contribution is 2.17. The summed E-state index contributed by atoms with van der Waals surface area (Å²) in [6, 6.07) is 3.58. The van der Waals surface area contributed by atoms with Crippen LogP contribution in [0.15, 0.2) is 22.8 Å². The molecule has 1 aromatic heterocycles. The van der Waals surface area contributed by atoms with Crippen LogP contribution in [-0.4, -0.2) is 16.6 Å². The van der Waals surface area contributed by atoms with Gasteiger partial charge in [-0.05, 0) is 17.9 Å². The molecule has 0 unspecified atom stereocenters. The van der Waals surface area contributed by atoms with Crippen molar-refractivity contribution in [1.29, 1.82) is 0 Å². The predicted molar refractivity (Wildman–Crippen MR) is 46.7 cm³/mol. The molecule has 1 atom stereocenters. The van der Waals surface area contributed by atoms with Crippen LogP contribution in [0.3, 0.4) is 0 Å². The first-order valence-electron chi connectivity index (χ1n) is 3.63. The van der Waals surface area contributed by atoms with Crippen LogP contribution in [0.1, 0.15) is 18.8 Å². The summed E-state index contributed by atoms with van der Waals surface area (Å²) in [5.41, 5.74) is 0. The van der Waals surface area contributed by atoms with E-state index in [2.05, 4.69) is 6.92 Å². The van der Waals surface area contributed by atoms with Crippen molar-refractivity contribution in [3.63, 3.8) is 0 Å². The van der Waals surface area contributed by atoms with Crippen LogP contribution in [0.25, 0.3) is 0 Å². The summed E-state index contributed by atoms with van der Waals surface area (Å²) in [5.74, 6) is 2.40. The molecule has 3 heteroatoms. The van der Waals surface area contributed by atoms with Crippen molar-refractivity contribution < 1.29 is 9.52 Å². The van der Waals surface area contributed by atoms with Crippen molar-refractivity contribution in [2.24, 2.45) is 0 Å². The topological polar surface area (TPSA) is 33.4 Å². The zero-order chi connectivity index (χ0) is 8.10. The maximum atomic E-state index is 9.43.